The van der Waals surface area contributed by atoms with Crippen LogP contribution in [0.2, 0.25) is 0 Å². The first-order valence-electron chi connectivity index (χ1n) is 7.33. The maximum Gasteiger partial charge on any atom is 0.275 e. The Morgan fingerprint density at radius 2 is 2.00 bits per heavy atom. The van der Waals surface area contributed by atoms with E-state index in [1.54, 1.807) is 42.5 Å². The molecule has 128 valence electrons. The van der Waals surface area contributed by atoms with Crippen LogP contribution in [0.15, 0.2) is 47.6 Å². The molecule has 0 spiro atoms. The van der Waals surface area contributed by atoms with Gasteiger partial charge in [-0.05, 0) is 24.3 Å². The monoisotopic (exact) mass is 339 g/mol. The zero-order valence-electron chi connectivity index (χ0n) is 13.9. The van der Waals surface area contributed by atoms with Crippen LogP contribution in [0.3, 0.4) is 0 Å². The molecule has 2 rings (SSSR count). The molecule has 0 aromatic heterocycles. The molecule has 0 saturated carbocycles. The van der Waals surface area contributed by atoms with Crippen LogP contribution >= 0.6 is 0 Å². The summed E-state index contributed by atoms with van der Waals surface area (Å²) in [6.07, 6.45) is 1.45. The van der Waals surface area contributed by atoms with Crippen molar-refractivity contribution >= 4 is 12.1 Å². The van der Waals surface area contributed by atoms with Crippen molar-refractivity contribution in [3.05, 3.63) is 53.6 Å². The van der Waals surface area contributed by atoms with Gasteiger partial charge in [-0.25, -0.2) is 5.43 Å². The predicted molar refractivity (Wildman–Crippen MR) is 92.2 cm³/mol. The van der Waals surface area contributed by atoms with E-state index in [9.17, 15) is 4.79 Å². The number of ether oxygens (including phenoxy) is 3. The molecule has 0 fully saturated rings. The average molecular weight is 339 g/mol. The lowest BCUT2D eigenvalue weighted by Gasteiger charge is -2.09. The highest BCUT2D eigenvalue weighted by Gasteiger charge is 2.12. The maximum absolute atomic E-state index is 12.3. The number of hydrogen-bond donors (Lipinski definition) is 1. The van der Waals surface area contributed by atoms with Crippen molar-refractivity contribution in [1.29, 1.82) is 5.26 Å². The summed E-state index contributed by atoms with van der Waals surface area (Å²) in [6.45, 7) is -0.0692. The van der Waals surface area contributed by atoms with Gasteiger partial charge in [-0.1, -0.05) is 12.1 Å². The quantitative estimate of drug-likeness (QED) is 0.617. The van der Waals surface area contributed by atoms with Gasteiger partial charge in [-0.2, -0.15) is 10.4 Å². The summed E-state index contributed by atoms with van der Waals surface area (Å²) in [5.41, 5.74) is 3.40. The van der Waals surface area contributed by atoms with E-state index < -0.39 is 5.91 Å². The molecule has 0 aliphatic rings. The predicted octanol–water partition coefficient (Wildman–Crippen LogP) is 2.37. The smallest absolute Gasteiger partial charge is 0.275 e. The second kappa shape index (κ2) is 8.93. The molecule has 7 nitrogen and oxygen atoms in total. The molecule has 0 heterocycles. The van der Waals surface area contributed by atoms with Crippen LogP contribution in [-0.4, -0.2) is 32.9 Å². The normalized spacial score (nSPS) is 10.1. The Bertz CT molecular complexity index is 812. The molecular weight excluding hydrogens is 322 g/mol. The van der Waals surface area contributed by atoms with Gasteiger partial charge in [-0.15, -0.1) is 0 Å². The minimum Gasteiger partial charge on any atom is -0.497 e. The van der Waals surface area contributed by atoms with E-state index in [0.717, 1.165) is 0 Å². The first-order chi connectivity index (χ1) is 12.2. The number of carbonyl (C=O) groups is 1. The number of rotatable bonds is 7. The van der Waals surface area contributed by atoms with Crippen molar-refractivity contribution in [3.8, 4) is 23.3 Å². The molecule has 0 unspecified atom stereocenters. The number of methoxy groups -OCH3 is 2. The summed E-state index contributed by atoms with van der Waals surface area (Å²) < 4.78 is 15.6. The highest BCUT2D eigenvalue weighted by molar-refractivity contribution is 5.97. The largest absolute Gasteiger partial charge is 0.497 e. The zero-order valence-corrected chi connectivity index (χ0v) is 13.9. The van der Waals surface area contributed by atoms with E-state index in [1.807, 2.05) is 6.07 Å². The van der Waals surface area contributed by atoms with Crippen LogP contribution in [0.4, 0.5) is 0 Å². The Kier molecular flexibility index (Phi) is 6.37. The van der Waals surface area contributed by atoms with Crippen LogP contribution in [-0.2, 0) is 0 Å². The number of amides is 1. The molecule has 1 N–H and O–H groups in total. The van der Waals surface area contributed by atoms with Gasteiger partial charge in [0.25, 0.3) is 5.91 Å². The van der Waals surface area contributed by atoms with Gasteiger partial charge in [0.2, 0.25) is 0 Å². The Balaban J connectivity index is 2.10. The third kappa shape index (κ3) is 4.72. The molecule has 0 bridgehead atoms. The van der Waals surface area contributed by atoms with E-state index in [-0.39, 0.29) is 6.61 Å². The van der Waals surface area contributed by atoms with Crippen molar-refractivity contribution in [2.24, 2.45) is 5.10 Å². The molecule has 25 heavy (non-hydrogen) atoms. The lowest BCUT2D eigenvalue weighted by Crippen LogP contribution is -2.18. The van der Waals surface area contributed by atoms with Crippen LogP contribution < -0.4 is 19.6 Å². The van der Waals surface area contributed by atoms with E-state index in [4.69, 9.17) is 19.5 Å². The summed E-state index contributed by atoms with van der Waals surface area (Å²) >= 11 is 0. The van der Waals surface area contributed by atoms with E-state index in [1.165, 1.54) is 20.4 Å². The van der Waals surface area contributed by atoms with E-state index >= 15 is 0 Å². The Morgan fingerprint density at radius 3 is 2.72 bits per heavy atom. The third-order valence-electron chi connectivity index (χ3n) is 3.23. The maximum atomic E-state index is 12.3. The Morgan fingerprint density at radius 1 is 1.20 bits per heavy atom. The van der Waals surface area contributed by atoms with Crippen molar-refractivity contribution in [3.63, 3.8) is 0 Å². The van der Waals surface area contributed by atoms with Gasteiger partial charge in [0.05, 0.1) is 26.0 Å². The van der Waals surface area contributed by atoms with Crippen LogP contribution in [0.5, 0.6) is 17.2 Å². The summed E-state index contributed by atoms with van der Waals surface area (Å²) in [5.74, 6) is 1.04. The minimum absolute atomic E-state index is 0.0692. The summed E-state index contributed by atoms with van der Waals surface area (Å²) in [6, 6.07) is 13.8. The van der Waals surface area contributed by atoms with Crippen LogP contribution in [0, 0.1) is 11.3 Å². The van der Waals surface area contributed by atoms with Gasteiger partial charge >= 0.3 is 0 Å². The van der Waals surface area contributed by atoms with Crippen molar-refractivity contribution < 1.29 is 19.0 Å². The van der Waals surface area contributed by atoms with Gasteiger partial charge < -0.3 is 14.2 Å². The number of hydrogen-bond acceptors (Lipinski definition) is 6. The zero-order chi connectivity index (χ0) is 18.1. The number of para-hydroxylation sites is 1. The average Bonchev–Trinajstić information content (AvgIpc) is 2.66. The van der Waals surface area contributed by atoms with Gasteiger partial charge in [0.15, 0.2) is 6.61 Å². The summed E-state index contributed by atoms with van der Waals surface area (Å²) in [4.78, 5) is 12.3. The molecule has 0 aliphatic carbocycles. The fourth-order valence-electron chi connectivity index (χ4n) is 2.04. The second-order valence-electron chi connectivity index (χ2n) is 4.75. The number of hydrazone groups is 1. The molecule has 0 aliphatic heterocycles. The fourth-order valence-corrected chi connectivity index (χ4v) is 2.04. The standard InChI is InChI=1S/C18H17N3O4/c1-23-14-7-8-15(17(11-14)24-2)18(22)21-20-12-13-5-3-4-6-16(13)25-10-9-19/h3-8,11-12H,10H2,1-2H3,(H,21,22)/b20-12-. The Hall–Kier alpha value is -3.53. The number of carbonyl (C=O) groups excluding carboxylic acids is 1. The van der Waals surface area contributed by atoms with Gasteiger partial charge in [0, 0.05) is 11.6 Å². The van der Waals surface area contributed by atoms with Crippen molar-refractivity contribution in [2.75, 3.05) is 20.8 Å². The number of benzene rings is 2. The highest BCUT2D eigenvalue weighted by atomic mass is 16.5. The summed E-state index contributed by atoms with van der Waals surface area (Å²) in [5, 5.41) is 12.5. The molecular formula is C18H17N3O4. The molecule has 1 amide bonds. The topological polar surface area (TPSA) is 92.9 Å². The third-order valence-corrected chi connectivity index (χ3v) is 3.23. The minimum atomic E-state index is -0.425. The number of nitrogens with zero attached hydrogens (tertiary/aromatic N) is 2. The lowest BCUT2D eigenvalue weighted by atomic mass is 10.2. The van der Waals surface area contributed by atoms with Crippen molar-refractivity contribution in [1.82, 2.24) is 5.43 Å². The second-order valence-corrected chi connectivity index (χ2v) is 4.75. The van der Waals surface area contributed by atoms with Crippen molar-refractivity contribution in [2.45, 2.75) is 0 Å². The molecule has 7 heteroatoms. The first-order valence-corrected chi connectivity index (χ1v) is 7.33. The lowest BCUT2D eigenvalue weighted by molar-refractivity contribution is 0.0952. The van der Waals surface area contributed by atoms with E-state index in [0.29, 0.717) is 28.4 Å². The number of nitrogens with one attached hydrogen (secondary N) is 1. The highest BCUT2D eigenvalue weighted by Crippen LogP contribution is 2.24. The molecule has 2 aromatic rings. The Labute approximate surface area is 145 Å². The van der Waals surface area contributed by atoms with Crippen LogP contribution in [0.25, 0.3) is 0 Å². The fraction of sp³-hybridized carbons (Fsp3) is 0.167. The van der Waals surface area contributed by atoms with Crippen LogP contribution in [0.1, 0.15) is 15.9 Å². The molecule has 0 saturated heterocycles. The first kappa shape index (κ1) is 17.8. The van der Waals surface area contributed by atoms with Gasteiger partial charge in [0.1, 0.15) is 23.3 Å². The number of nitriles is 1. The molecule has 0 radical (unpaired) electrons. The summed E-state index contributed by atoms with van der Waals surface area (Å²) in [7, 11) is 3.00. The molecule has 0 atom stereocenters. The van der Waals surface area contributed by atoms with E-state index in [2.05, 4.69) is 10.5 Å². The SMILES string of the molecule is COc1ccc(C(=O)N/N=C\c2ccccc2OCC#N)c(OC)c1. The van der Waals surface area contributed by atoms with Gasteiger partial charge in [-0.3, -0.25) is 4.79 Å². The molecule has 2 aromatic carbocycles.